The Bertz CT molecular complexity index is 470. The number of aliphatic hydroxyl groups excluding tert-OH is 2. The highest BCUT2D eigenvalue weighted by atomic mass is 16.3. The Morgan fingerprint density at radius 3 is 2.47 bits per heavy atom. The third-order valence-corrected chi connectivity index (χ3v) is 2.85. The first-order valence-corrected chi connectivity index (χ1v) is 6.18. The summed E-state index contributed by atoms with van der Waals surface area (Å²) in [4.78, 5) is 13.6. The molecule has 1 unspecified atom stereocenters. The zero-order chi connectivity index (χ0) is 14.3. The zero-order valence-corrected chi connectivity index (χ0v) is 11.3. The minimum absolute atomic E-state index is 0.0490. The van der Waals surface area contributed by atoms with Crippen LogP contribution in [-0.2, 0) is 0 Å². The second-order valence-electron chi connectivity index (χ2n) is 4.30. The summed E-state index contributed by atoms with van der Waals surface area (Å²) in [6.07, 6.45) is 0.442. The molecule has 0 saturated carbocycles. The number of rotatable bonds is 4. The normalized spacial score (nSPS) is 11.4. The van der Waals surface area contributed by atoms with E-state index in [2.05, 4.69) is 11.8 Å². The number of nitrogens with zero attached hydrogens (tertiary/aromatic N) is 1. The zero-order valence-electron chi connectivity index (χ0n) is 11.3. The molecule has 19 heavy (non-hydrogen) atoms. The monoisotopic (exact) mass is 261 g/mol. The fourth-order valence-electron chi connectivity index (χ4n) is 1.44. The molecule has 1 rings (SSSR count). The van der Waals surface area contributed by atoms with Crippen LogP contribution in [-0.4, -0.2) is 47.3 Å². The van der Waals surface area contributed by atoms with Gasteiger partial charge in [-0.05, 0) is 31.2 Å². The van der Waals surface area contributed by atoms with Gasteiger partial charge < -0.3 is 15.1 Å². The van der Waals surface area contributed by atoms with Crippen molar-refractivity contribution >= 4 is 5.91 Å². The molecular weight excluding hydrogens is 242 g/mol. The molecule has 0 aliphatic rings. The van der Waals surface area contributed by atoms with Gasteiger partial charge in [-0.2, -0.15) is 0 Å². The van der Waals surface area contributed by atoms with E-state index in [1.807, 2.05) is 0 Å². The van der Waals surface area contributed by atoms with Crippen molar-refractivity contribution < 1.29 is 15.0 Å². The maximum absolute atomic E-state index is 12.1. The molecule has 2 N–H and O–H groups in total. The van der Waals surface area contributed by atoms with Crippen LogP contribution in [0.2, 0.25) is 0 Å². The molecule has 0 fully saturated rings. The lowest BCUT2D eigenvalue weighted by molar-refractivity contribution is 0.0682. The van der Waals surface area contributed by atoms with Gasteiger partial charge in [0.2, 0.25) is 0 Å². The summed E-state index contributed by atoms with van der Waals surface area (Å²) < 4.78 is 0. The van der Waals surface area contributed by atoms with Crippen molar-refractivity contribution in [2.75, 3.05) is 20.3 Å². The molecule has 0 bridgehead atoms. The number of carbonyl (C=O) groups excluding carboxylic acids is 1. The molecule has 0 spiro atoms. The molecule has 0 saturated heterocycles. The Balaban J connectivity index is 2.76. The lowest BCUT2D eigenvalue weighted by atomic mass is 10.1. The summed E-state index contributed by atoms with van der Waals surface area (Å²) in [6, 6.07) is 6.76. The molecule has 1 atom stereocenters. The Labute approximate surface area is 113 Å². The van der Waals surface area contributed by atoms with Gasteiger partial charge in [-0.3, -0.25) is 4.79 Å². The van der Waals surface area contributed by atoms with Gasteiger partial charge in [-0.25, -0.2) is 0 Å². The predicted octanol–water partition coefficient (Wildman–Crippen LogP) is 0.873. The quantitative estimate of drug-likeness (QED) is 0.791. The smallest absolute Gasteiger partial charge is 0.253 e. The molecular formula is C15H19NO3. The number of aliphatic hydroxyl groups is 2. The Morgan fingerprint density at radius 1 is 1.32 bits per heavy atom. The van der Waals surface area contributed by atoms with Crippen molar-refractivity contribution in [1.82, 2.24) is 4.90 Å². The van der Waals surface area contributed by atoms with Crippen LogP contribution < -0.4 is 0 Å². The summed E-state index contributed by atoms with van der Waals surface area (Å²) in [5.41, 5.74) is 1.37. The molecule has 0 aliphatic carbocycles. The summed E-state index contributed by atoms with van der Waals surface area (Å²) in [5, 5.41) is 17.7. The first kappa shape index (κ1) is 15.2. The second kappa shape index (κ2) is 7.57. The highest BCUT2D eigenvalue weighted by Gasteiger charge is 2.16. The summed E-state index contributed by atoms with van der Waals surface area (Å²) in [5.74, 6) is 5.59. The maximum atomic E-state index is 12.1. The lowest BCUT2D eigenvalue weighted by Crippen LogP contribution is -2.37. The molecule has 4 heteroatoms. The van der Waals surface area contributed by atoms with Gasteiger partial charge in [-0.1, -0.05) is 11.8 Å². The number of amides is 1. The van der Waals surface area contributed by atoms with Gasteiger partial charge in [-0.15, -0.1) is 0 Å². The molecule has 1 aromatic carbocycles. The van der Waals surface area contributed by atoms with Crippen molar-refractivity contribution in [3.63, 3.8) is 0 Å². The van der Waals surface area contributed by atoms with Gasteiger partial charge in [0, 0.05) is 24.6 Å². The van der Waals surface area contributed by atoms with Crippen molar-refractivity contribution in [3.8, 4) is 11.8 Å². The van der Waals surface area contributed by atoms with Crippen LogP contribution in [0.5, 0.6) is 0 Å². The second-order valence-corrected chi connectivity index (χ2v) is 4.30. The summed E-state index contributed by atoms with van der Waals surface area (Å²) in [7, 11) is 1.66. The van der Waals surface area contributed by atoms with Crippen LogP contribution in [0.25, 0.3) is 0 Å². The fraction of sp³-hybridized carbons (Fsp3) is 0.400. The SMILES string of the molecule is CC(CO)N(C)C(=O)c1ccc(C#CCCO)cc1. The van der Waals surface area contributed by atoms with Gasteiger partial charge in [0.05, 0.1) is 19.3 Å². The van der Waals surface area contributed by atoms with Crippen LogP contribution in [0, 0.1) is 11.8 Å². The van der Waals surface area contributed by atoms with E-state index in [4.69, 9.17) is 10.2 Å². The van der Waals surface area contributed by atoms with E-state index < -0.39 is 0 Å². The average Bonchev–Trinajstić information content (AvgIpc) is 2.46. The van der Waals surface area contributed by atoms with Crippen LogP contribution in [0.4, 0.5) is 0 Å². The maximum Gasteiger partial charge on any atom is 0.253 e. The van der Waals surface area contributed by atoms with Gasteiger partial charge in [0.15, 0.2) is 0 Å². The lowest BCUT2D eigenvalue weighted by Gasteiger charge is -2.23. The van der Waals surface area contributed by atoms with E-state index in [-0.39, 0.29) is 25.2 Å². The van der Waals surface area contributed by atoms with Crippen LogP contribution >= 0.6 is 0 Å². The standard InChI is InChI=1S/C15H19NO3/c1-12(11-18)16(2)15(19)14-8-6-13(7-9-14)5-3-4-10-17/h6-9,12,17-18H,4,10-11H2,1-2H3. The third kappa shape index (κ3) is 4.40. The number of likely N-dealkylation sites (N-methyl/N-ethyl adjacent to an activating group) is 1. The number of hydrogen-bond donors (Lipinski definition) is 2. The Kier molecular flexibility index (Phi) is 6.07. The summed E-state index contributed by atoms with van der Waals surface area (Å²) >= 11 is 0. The van der Waals surface area contributed by atoms with E-state index >= 15 is 0 Å². The third-order valence-electron chi connectivity index (χ3n) is 2.85. The topological polar surface area (TPSA) is 60.8 Å². The highest BCUT2D eigenvalue weighted by molar-refractivity contribution is 5.94. The van der Waals surface area contributed by atoms with Crippen LogP contribution in [0.15, 0.2) is 24.3 Å². The van der Waals surface area contributed by atoms with Gasteiger partial charge in [0.1, 0.15) is 0 Å². The number of benzene rings is 1. The molecule has 1 amide bonds. The molecule has 4 nitrogen and oxygen atoms in total. The average molecular weight is 261 g/mol. The summed E-state index contributed by atoms with van der Waals surface area (Å²) in [6.45, 7) is 1.77. The van der Waals surface area contributed by atoms with Crippen molar-refractivity contribution in [3.05, 3.63) is 35.4 Å². The minimum atomic E-state index is -0.212. The Morgan fingerprint density at radius 2 is 1.95 bits per heavy atom. The van der Waals surface area contributed by atoms with E-state index in [0.29, 0.717) is 12.0 Å². The Hall–Kier alpha value is -1.83. The number of carbonyl (C=O) groups is 1. The minimum Gasteiger partial charge on any atom is -0.395 e. The molecule has 0 radical (unpaired) electrons. The van der Waals surface area contributed by atoms with Crippen molar-refractivity contribution in [2.45, 2.75) is 19.4 Å². The first-order valence-electron chi connectivity index (χ1n) is 6.18. The van der Waals surface area contributed by atoms with E-state index in [1.165, 1.54) is 4.90 Å². The van der Waals surface area contributed by atoms with E-state index in [0.717, 1.165) is 5.56 Å². The first-order chi connectivity index (χ1) is 9.10. The van der Waals surface area contributed by atoms with Crippen LogP contribution in [0.1, 0.15) is 29.3 Å². The van der Waals surface area contributed by atoms with Crippen LogP contribution in [0.3, 0.4) is 0 Å². The molecule has 0 aromatic heterocycles. The highest BCUT2D eigenvalue weighted by Crippen LogP contribution is 2.08. The molecule has 0 aliphatic heterocycles. The fourth-order valence-corrected chi connectivity index (χ4v) is 1.44. The van der Waals surface area contributed by atoms with Gasteiger partial charge in [0.25, 0.3) is 5.91 Å². The van der Waals surface area contributed by atoms with Crippen molar-refractivity contribution in [2.24, 2.45) is 0 Å². The molecule has 0 heterocycles. The predicted molar refractivity (Wildman–Crippen MR) is 73.7 cm³/mol. The van der Waals surface area contributed by atoms with Crippen molar-refractivity contribution in [1.29, 1.82) is 0 Å². The largest absolute Gasteiger partial charge is 0.395 e. The molecule has 1 aromatic rings. The molecule has 102 valence electrons. The van der Waals surface area contributed by atoms with E-state index in [1.54, 1.807) is 38.2 Å². The number of hydrogen-bond acceptors (Lipinski definition) is 3. The van der Waals surface area contributed by atoms with Gasteiger partial charge >= 0.3 is 0 Å². The van der Waals surface area contributed by atoms with E-state index in [9.17, 15) is 4.79 Å².